The number of terminal acetylenes is 1. The summed E-state index contributed by atoms with van der Waals surface area (Å²) in [7, 11) is 0. The third-order valence-electron chi connectivity index (χ3n) is 2.55. The lowest BCUT2D eigenvalue weighted by Crippen LogP contribution is -1.99. The lowest BCUT2D eigenvalue weighted by molar-refractivity contribution is 0.370. The summed E-state index contributed by atoms with van der Waals surface area (Å²) in [5.41, 5.74) is 3.27. The van der Waals surface area contributed by atoms with E-state index in [0.717, 1.165) is 12.1 Å². The summed E-state index contributed by atoms with van der Waals surface area (Å²) in [6, 6.07) is 10.3. The zero-order valence-corrected chi connectivity index (χ0v) is 11.0. The van der Waals surface area contributed by atoms with E-state index in [-0.39, 0.29) is 12.3 Å². The van der Waals surface area contributed by atoms with Crippen LogP contribution in [0.25, 0.3) is 0 Å². The van der Waals surface area contributed by atoms with E-state index >= 15 is 0 Å². The topological polar surface area (TPSA) is 33.6 Å². The lowest BCUT2D eigenvalue weighted by Gasteiger charge is -2.06. The zero-order valence-electron chi connectivity index (χ0n) is 11.0. The van der Waals surface area contributed by atoms with E-state index in [1.165, 1.54) is 12.3 Å². The Hall–Kier alpha value is -2.87. The molecule has 0 bridgehead atoms. The van der Waals surface area contributed by atoms with E-state index < -0.39 is 11.6 Å². The largest absolute Gasteiger partial charge is 0.480 e. The van der Waals surface area contributed by atoms with Crippen LogP contribution in [0.15, 0.2) is 47.6 Å². The Morgan fingerprint density at radius 1 is 1.24 bits per heavy atom. The van der Waals surface area contributed by atoms with Gasteiger partial charge < -0.3 is 4.74 Å². The minimum absolute atomic E-state index is 0.0784. The molecule has 0 amide bonds. The summed E-state index contributed by atoms with van der Waals surface area (Å²) in [5, 5.41) is 3.90. The molecule has 0 aliphatic heterocycles. The van der Waals surface area contributed by atoms with Gasteiger partial charge in [-0.25, -0.2) is 8.78 Å². The van der Waals surface area contributed by atoms with Crippen molar-refractivity contribution < 1.29 is 13.5 Å². The highest BCUT2D eigenvalue weighted by Gasteiger charge is 2.02. The number of ether oxygens (including phenoxy) is 1. The minimum atomic E-state index is -0.719. The van der Waals surface area contributed by atoms with Gasteiger partial charge in [-0.3, -0.25) is 5.43 Å². The van der Waals surface area contributed by atoms with Gasteiger partial charge in [0.2, 0.25) is 0 Å². The average molecular weight is 286 g/mol. The molecule has 0 saturated heterocycles. The molecule has 0 aromatic heterocycles. The van der Waals surface area contributed by atoms with Crippen LogP contribution in [0.5, 0.6) is 5.75 Å². The molecule has 0 aliphatic carbocycles. The van der Waals surface area contributed by atoms with Crippen molar-refractivity contribution in [2.75, 3.05) is 12.0 Å². The number of nitrogens with zero attached hydrogens (tertiary/aromatic N) is 1. The van der Waals surface area contributed by atoms with Crippen LogP contribution in [-0.4, -0.2) is 12.8 Å². The first-order valence-corrected chi connectivity index (χ1v) is 6.10. The number of hydrogen-bond acceptors (Lipinski definition) is 3. The van der Waals surface area contributed by atoms with Gasteiger partial charge in [0.25, 0.3) is 0 Å². The highest BCUT2D eigenvalue weighted by atomic mass is 19.1. The third-order valence-corrected chi connectivity index (χ3v) is 2.55. The van der Waals surface area contributed by atoms with Crippen LogP contribution < -0.4 is 10.2 Å². The second kappa shape index (κ2) is 7.06. The van der Waals surface area contributed by atoms with Crippen molar-refractivity contribution in [3.63, 3.8) is 0 Å². The van der Waals surface area contributed by atoms with Crippen molar-refractivity contribution in [2.45, 2.75) is 0 Å². The number of hydrazone groups is 1. The second-order valence-corrected chi connectivity index (χ2v) is 4.02. The molecule has 0 unspecified atom stereocenters. The Morgan fingerprint density at radius 2 is 2.05 bits per heavy atom. The van der Waals surface area contributed by atoms with Gasteiger partial charge in [-0.05, 0) is 24.3 Å². The molecular formula is C16H12F2N2O. The van der Waals surface area contributed by atoms with Gasteiger partial charge in [-0.15, -0.1) is 6.42 Å². The molecule has 0 fully saturated rings. The molecule has 0 aliphatic rings. The first kappa shape index (κ1) is 14.5. The number of hydrogen-bond donors (Lipinski definition) is 1. The van der Waals surface area contributed by atoms with Gasteiger partial charge in [0.05, 0.1) is 11.9 Å². The third kappa shape index (κ3) is 4.05. The van der Waals surface area contributed by atoms with Gasteiger partial charge in [-0.1, -0.05) is 18.1 Å². The van der Waals surface area contributed by atoms with Crippen LogP contribution in [0, 0.1) is 24.0 Å². The predicted octanol–water partition coefficient (Wildman–Crippen LogP) is 3.42. The minimum Gasteiger partial charge on any atom is -0.480 e. The fraction of sp³-hybridized carbons (Fsp3) is 0.0625. The van der Waals surface area contributed by atoms with E-state index in [9.17, 15) is 8.78 Å². The van der Waals surface area contributed by atoms with E-state index in [2.05, 4.69) is 16.4 Å². The SMILES string of the molecule is C#CCOc1ccccc1/C=N\Nc1ccc(F)cc1F. The van der Waals surface area contributed by atoms with E-state index in [1.54, 1.807) is 18.2 Å². The maximum Gasteiger partial charge on any atom is 0.151 e. The normalized spacial score (nSPS) is 10.3. The van der Waals surface area contributed by atoms with Gasteiger partial charge in [-0.2, -0.15) is 5.10 Å². The van der Waals surface area contributed by atoms with Gasteiger partial charge >= 0.3 is 0 Å². The van der Waals surface area contributed by atoms with E-state index in [1.807, 2.05) is 6.07 Å². The summed E-state index contributed by atoms with van der Waals surface area (Å²) in [4.78, 5) is 0. The number of halogens is 2. The first-order chi connectivity index (χ1) is 10.2. The highest BCUT2D eigenvalue weighted by molar-refractivity contribution is 5.84. The molecule has 3 nitrogen and oxygen atoms in total. The van der Waals surface area contributed by atoms with Crippen molar-refractivity contribution in [2.24, 2.45) is 5.10 Å². The Kier molecular flexibility index (Phi) is 4.89. The maximum absolute atomic E-state index is 13.4. The first-order valence-electron chi connectivity index (χ1n) is 6.10. The van der Waals surface area contributed by atoms with Crippen molar-refractivity contribution in [1.29, 1.82) is 0 Å². The fourth-order valence-corrected chi connectivity index (χ4v) is 1.59. The number of benzene rings is 2. The van der Waals surface area contributed by atoms with Crippen LogP contribution in [0.4, 0.5) is 14.5 Å². The molecular weight excluding hydrogens is 274 g/mol. The van der Waals surface area contributed by atoms with E-state index in [4.69, 9.17) is 11.2 Å². The van der Waals surface area contributed by atoms with Crippen LogP contribution in [0.1, 0.15) is 5.56 Å². The Morgan fingerprint density at radius 3 is 2.81 bits per heavy atom. The monoisotopic (exact) mass is 286 g/mol. The molecule has 2 rings (SSSR count). The Balaban J connectivity index is 2.09. The molecule has 0 radical (unpaired) electrons. The summed E-state index contributed by atoms with van der Waals surface area (Å²) in [5.74, 6) is 1.58. The van der Waals surface area contributed by atoms with E-state index in [0.29, 0.717) is 11.3 Å². The van der Waals surface area contributed by atoms with Crippen molar-refractivity contribution in [3.05, 3.63) is 59.7 Å². The molecule has 0 heterocycles. The molecule has 5 heteroatoms. The number of para-hydroxylation sites is 1. The molecule has 1 N–H and O–H groups in total. The number of nitrogens with one attached hydrogen (secondary N) is 1. The number of anilines is 1. The molecule has 106 valence electrons. The summed E-state index contributed by atoms with van der Waals surface area (Å²) < 4.78 is 31.5. The fourth-order valence-electron chi connectivity index (χ4n) is 1.59. The Bertz CT molecular complexity index is 693. The lowest BCUT2D eigenvalue weighted by atomic mass is 10.2. The summed E-state index contributed by atoms with van der Waals surface area (Å²) >= 11 is 0. The molecule has 2 aromatic rings. The van der Waals surface area contributed by atoms with Crippen molar-refractivity contribution in [1.82, 2.24) is 0 Å². The average Bonchev–Trinajstić information content (AvgIpc) is 2.48. The van der Waals surface area contributed by atoms with Gasteiger partial charge in [0.1, 0.15) is 18.2 Å². The second-order valence-electron chi connectivity index (χ2n) is 4.02. The standard InChI is InChI=1S/C16H12F2N2O/c1-2-9-21-16-6-4-3-5-12(16)11-19-20-15-8-7-13(17)10-14(15)18/h1,3-8,10-11,20H,9H2/b19-11-. The summed E-state index contributed by atoms with van der Waals surface area (Å²) in [6.45, 7) is 0.144. The molecule has 0 spiro atoms. The summed E-state index contributed by atoms with van der Waals surface area (Å²) in [6.07, 6.45) is 6.61. The van der Waals surface area contributed by atoms with Crippen molar-refractivity contribution >= 4 is 11.9 Å². The molecule has 21 heavy (non-hydrogen) atoms. The molecule has 0 atom stereocenters. The Labute approximate surface area is 121 Å². The van der Waals surface area contributed by atoms with Crippen LogP contribution in [0.3, 0.4) is 0 Å². The van der Waals surface area contributed by atoms with Gasteiger partial charge in [0, 0.05) is 11.6 Å². The van der Waals surface area contributed by atoms with Crippen LogP contribution in [-0.2, 0) is 0 Å². The zero-order chi connectivity index (χ0) is 15.1. The van der Waals surface area contributed by atoms with Crippen LogP contribution >= 0.6 is 0 Å². The number of rotatable bonds is 5. The quantitative estimate of drug-likeness (QED) is 0.519. The molecule has 2 aromatic carbocycles. The van der Waals surface area contributed by atoms with Crippen LogP contribution in [0.2, 0.25) is 0 Å². The highest BCUT2D eigenvalue weighted by Crippen LogP contribution is 2.17. The van der Waals surface area contributed by atoms with Gasteiger partial charge in [0.15, 0.2) is 5.82 Å². The van der Waals surface area contributed by atoms with Crippen molar-refractivity contribution in [3.8, 4) is 18.1 Å². The smallest absolute Gasteiger partial charge is 0.151 e. The maximum atomic E-state index is 13.4. The molecule has 0 saturated carbocycles. The predicted molar refractivity (Wildman–Crippen MR) is 78.3 cm³/mol.